The van der Waals surface area contributed by atoms with Gasteiger partial charge in [-0.15, -0.1) is 0 Å². The van der Waals surface area contributed by atoms with Crippen molar-refractivity contribution in [3.05, 3.63) is 115 Å². The fourth-order valence-corrected chi connectivity index (χ4v) is 5.90. The topological polar surface area (TPSA) is 110 Å². The molecule has 0 radical (unpaired) electrons. The summed E-state index contributed by atoms with van der Waals surface area (Å²) < 4.78 is 6.31. The number of esters is 1. The quantitative estimate of drug-likeness (QED) is 0.330. The molecule has 2 aromatic carbocycles. The van der Waals surface area contributed by atoms with Gasteiger partial charge in [0.05, 0.1) is 7.11 Å². The summed E-state index contributed by atoms with van der Waals surface area (Å²) in [5.74, 6) is -0.140. The molecular formula is C32H31N5O4. The minimum absolute atomic E-state index is 0.297. The second-order valence-electron chi connectivity index (χ2n) is 10.5. The third-order valence-corrected chi connectivity index (χ3v) is 8.00. The molecule has 1 fully saturated rings. The number of methoxy groups -OCH3 is 1. The second kappa shape index (κ2) is 10.6. The number of aromatic nitrogens is 4. The lowest BCUT2D eigenvalue weighted by Crippen LogP contribution is -2.38. The molecule has 1 aliphatic heterocycles. The van der Waals surface area contributed by atoms with Gasteiger partial charge in [0.1, 0.15) is 11.9 Å². The van der Waals surface area contributed by atoms with E-state index in [0.717, 1.165) is 40.7 Å². The molecule has 0 amide bonds. The van der Waals surface area contributed by atoms with Crippen LogP contribution in [0.1, 0.15) is 64.6 Å². The number of aromatic amines is 1. The van der Waals surface area contributed by atoms with Crippen LogP contribution in [0.5, 0.6) is 0 Å². The molecule has 1 N–H and O–H groups in total. The Morgan fingerprint density at radius 3 is 2.56 bits per heavy atom. The number of ether oxygens (including phenoxy) is 1. The van der Waals surface area contributed by atoms with Gasteiger partial charge in [-0.2, -0.15) is 4.98 Å². The number of H-pyrrole nitrogens is 1. The van der Waals surface area contributed by atoms with E-state index in [1.165, 1.54) is 17.2 Å². The maximum atomic E-state index is 13.5. The van der Waals surface area contributed by atoms with Gasteiger partial charge < -0.3 is 9.64 Å². The van der Waals surface area contributed by atoms with E-state index in [-0.39, 0.29) is 5.97 Å². The molecule has 4 aromatic rings. The minimum Gasteiger partial charge on any atom is -0.467 e. The van der Waals surface area contributed by atoms with Crippen LogP contribution in [0.2, 0.25) is 0 Å². The molecule has 1 saturated heterocycles. The molecule has 2 aromatic heterocycles. The van der Waals surface area contributed by atoms with Crippen molar-refractivity contribution in [3.63, 3.8) is 0 Å². The average molecular weight is 550 g/mol. The van der Waals surface area contributed by atoms with Crippen LogP contribution >= 0.6 is 0 Å². The number of hydrogen-bond acceptors (Lipinski definition) is 7. The Hall–Kier alpha value is -4.79. The van der Waals surface area contributed by atoms with Crippen molar-refractivity contribution in [1.82, 2.24) is 19.5 Å². The van der Waals surface area contributed by atoms with Crippen molar-refractivity contribution in [1.29, 1.82) is 0 Å². The van der Waals surface area contributed by atoms with Gasteiger partial charge in [-0.05, 0) is 54.0 Å². The number of aryl methyl sites for hydroxylation is 2. The van der Waals surface area contributed by atoms with Crippen molar-refractivity contribution in [2.75, 3.05) is 18.6 Å². The second-order valence-corrected chi connectivity index (χ2v) is 10.5. The first-order valence-electron chi connectivity index (χ1n) is 13.8. The highest BCUT2D eigenvalue weighted by molar-refractivity contribution is 5.80. The van der Waals surface area contributed by atoms with Gasteiger partial charge in [-0.3, -0.25) is 14.3 Å². The molecule has 9 heteroatoms. The van der Waals surface area contributed by atoms with Crippen LogP contribution < -0.4 is 16.1 Å². The van der Waals surface area contributed by atoms with Crippen LogP contribution in [0.25, 0.3) is 18.0 Å². The van der Waals surface area contributed by atoms with Crippen molar-refractivity contribution >= 4 is 24.1 Å². The van der Waals surface area contributed by atoms with E-state index in [1.54, 1.807) is 23.4 Å². The molecule has 41 heavy (non-hydrogen) atoms. The van der Waals surface area contributed by atoms with Crippen LogP contribution in [0, 0.1) is 6.92 Å². The number of nitrogens with one attached hydrogen (secondary N) is 1. The highest BCUT2D eigenvalue weighted by Crippen LogP contribution is 2.38. The third-order valence-electron chi connectivity index (χ3n) is 8.00. The Bertz CT molecular complexity index is 1800. The number of anilines is 1. The first-order valence-corrected chi connectivity index (χ1v) is 13.8. The summed E-state index contributed by atoms with van der Waals surface area (Å²) in [4.78, 5) is 52.3. The lowest BCUT2D eigenvalue weighted by molar-refractivity contribution is -0.141. The lowest BCUT2D eigenvalue weighted by atomic mass is 9.82. The summed E-state index contributed by atoms with van der Waals surface area (Å²) in [5, 5.41) is 0. The van der Waals surface area contributed by atoms with E-state index >= 15 is 0 Å². The van der Waals surface area contributed by atoms with E-state index in [9.17, 15) is 14.4 Å². The van der Waals surface area contributed by atoms with Crippen molar-refractivity contribution < 1.29 is 9.53 Å². The molecule has 0 spiro atoms. The molecular weight excluding hydrogens is 518 g/mol. The van der Waals surface area contributed by atoms with E-state index in [1.807, 2.05) is 13.0 Å². The smallest absolute Gasteiger partial charge is 0.334 e. The number of carbonyl (C=O) groups is 1. The zero-order chi connectivity index (χ0) is 28.7. The molecule has 3 heterocycles. The fourth-order valence-electron chi connectivity index (χ4n) is 5.90. The highest BCUT2D eigenvalue weighted by Gasteiger charge is 2.33. The fraction of sp³-hybridized carbons (Fsp3) is 0.281. The molecule has 9 nitrogen and oxygen atoms in total. The van der Waals surface area contributed by atoms with E-state index < -0.39 is 23.2 Å². The molecule has 6 rings (SSSR count). The Labute approximate surface area is 237 Å². The number of rotatable bonds is 5. The SMILES string of the molecule is CCc1ccc2c(c1)C=Cc1cc(C)ccc1C2c1cn(-c2ccnc(N3CCC[C@H]3C(=O)OC)n2)c(=O)[nH]c1=O. The van der Waals surface area contributed by atoms with E-state index in [2.05, 4.69) is 64.4 Å². The molecule has 0 saturated carbocycles. The largest absolute Gasteiger partial charge is 0.467 e. The van der Waals surface area contributed by atoms with Gasteiger partial charge in [0.2, 0.25) is 5.95 Å². The number of carbonyl (C=O) groups excluding carboxylic acids is 1. The standard InChI is InChI=1S/C32H31N5O4/c1-4-20-8-12-24-22(17-20)10-9-21-16-19(2)7-11-23(21)28(24)25-18-37(32(40)35-29(25)38)27-13-14-33-31(34-27)36-15-5-6-26(36)30(39)41-3/h7-14,16-18,26,28H,4-6,15H2,1-3H3,(H,35,38,40)/t26-,28?/m0/s1. The van der Waals surface area contributed by atoms with Crippen LogP contribution in [0.4, 0.5) is 5.95 Å². The zero-order valence-corrected chi connectivity index (χ0v) is 23.3. The molecule has 1 unspecified atom stereocenters. The lowest BCUT2D eigenvalue weighted by Gasteiger charge is -2.23. The van der Waals surface area contributed by atoms with Gasteiger partial charge in [-0.25, -0.2) is 14.6 Å². The molecule has 208 valence electrons. The first-order chi connectivity index (χ1) is 19.9. The highest BCUT2D eigenvalue weighted by atomic mass is 16.5. The van der Waals surface area contributed by atoms with Crippen molar-refractivity contribution in [2.24, 2.45) is 0 Å². The predicted octanol–water partition coefficient (Wildman–Crippen LogP) is 3.99. The zero-order valence-electron chi connectivity index (χ0n) is 23.3. The van der Waals surface area contributed by atoms with Crippen LogP contribution in [-0.4, -0.2) is 45.2 Å². The van der Waals surface area contributed by atoms with E-state index in [0.29, 0.717) is 30.3 Å². The third kappa shape index (κ3) is 4.77. The summed E-state index contributed by atoms with van der Waals surface area (Å²) >= 11 is 0. The van der Waals surface area contributed by atoms with Crippen LogP contribution in [0.15, 0.2) is 64.4 Å². The first kappa shape index (κ1) is 26.4. The van der Waals surface area contributed by atoms with Crippen LogP contribution in [-0.2, 0) is 16.0 Å². The summed E-state index contributed by atoms with van der Waals surface area (Å²) in [5.41, 5.74) is 5.71. The van der Waals surface area contributed by atoms with E-state index in [4.69, 9.17) is 4.74 Å². The van der Waals surface area contributed by atoms with Gasteiger partial charge in [0, 0.05) is 36.5 Å². The normalized spacial score (nSPS) is 17.6. The van der Waals surface area contributed by atoms with Crippen molar-refractivity contribution in [2.45, 2.75) is 45.1 Å². The van der Waals surface area contributed by atoms with Gasteiger partial charge in [0.25, 0.3) is 5.56 Å². The molecule has 2 aliphatic rings. The number of hydrogen-bond donors (Lipinski definition) is 1. The Morgan fingerprint density at radius 1 is 1.05 bits per heavy atom. The monoisotopic (exact) mass is 549 g/mol. The minimum atomic E-state index is -0.605. The van der Waals surface area contributed by atoms with Gasteiger partial charge in [-0.1, -0.05) is 61.0 Å². The Kier molecular flexibility index (Phi) is 6.86. The molecule has 0 bridgehead atoms. The number of nitrogens with zero attached hydrogens (tertiary/aromatic N) is 4. The Morgan fingerprint density at radius 2 is 1.80 bits per heavy atom. The summed E-state index contributed by atoms with van der Waals surface area (Å²) in [6.07, 6.45) is 9.66. The van der Waals surface area contributed by atoms with Gasteiger partial charge >= 0.3 is 11.7 Å². The number of fused-ring (bicyclic) bond motifs is 2. The summed E-state index contributed by atoms with van der Waals surface area (Å²) in [7, 11) is 1.36. The Balaban J connectivity index is 1.51. The maximum Gasteiger partial charge on any atom is 0.334 e. The van der Waals surface area contributed by atoms with Crippen LogP contribution in [0.3, 0.4) is 0 Å². The molecule has 2 atom stereocenters. The van der Waals surface area contributed by atoms with Gasteiger partial charge in [0.15, 0.2) is 0 Å². The predicted molar refractivity (Wildman–Crippen MR) is 158 cm³/mol. The average Bonchev–Trinajstić information content (AvgIpc) is 3.42. The van der Waals surface area contributed by atoms with Crippen molar-refractivity contribution in [3.8, 4) is 5.82 Å². The number of benzene rings is 2. The summed E-state index contributed by atoms with van der Waals surface area (Å²) in [6.45, 7) is 4.75. The summed E-state index contributed by atoms with van der Waals surface area (Å²) in [6, 6.07) is 13.7. The molecule has 1 aliphatic carbocycles. The maximum absolute atomic E-state index is 13.5.